The number of hydrogen-bond acceptors (Lipinski definition) is 3. The van der Waals surface area contributed by atoms with Crippen LogP contribution in [0.2, 0.25) is 0 Å². The van der Waals surface area contributed by atoms with E-state index in [1.807, 2.05) is 18.4 Å². The lowest BCUT2D eigenvalue weighted by atomic mass is 9.93. The van der Waals surface area contributed by atoms with Crippen LogP contribution in [-0.2, 0) is 11.2 Å². The Labute approximate surface area is 121 Å². The molecule has 3 rings (SSSR count). The lowest BCUT2D eigenvalue weighted by Crippen LogP contribution is -2.40. The monoisotopic (exact) mass is 329 g/mol. The largest absolute Gasteiger partial charge is 0.380 e. The molecule has 1 aromatic heterocycles. The summed E-state index contributed by atoms with van der Waals surface area (Å²) < 4.78 is 6.86. The number of aryl methyl sites for hydroxylation is 1. The SMILES string of the molecule is COC1CCCC1NC1CCCc2sc(Br)cc21. The van der Waals surface area contributed by atoms with Crippen LogP contribution in [0.3, 0.4) is 0 Å². The third-order valence-electron chi connectivity index (χ3n) is 4.25. The van der Waals surface area contributed by atoms with Crippen LogP contribution in [0, 0.1) is 0 Å². The summed E-state index contributed by atoms with van der Waals surface area (Å²) in [5, 5.41) is 3.85. The number of nitrogens with one attached hydrogen (secondary N) is 1. The number of thiophene rings is 1. The first kappa shape index (κ1) is 13.1. The molecule has 1 N–H and O–H groups in total. The first-order valence-corrected chi connectivity index (χ1v) is 8.46. The van der Waals surface area contributed by atoms with Gasteiger partial charge in [0.25, 0.3) is 0 Å². The van der Waals surface area contributed by atoms with Gasteiger partial charge in [0.1, 0.15) is 0 Å². The highest BCUT2D eigenvalue weighted by molar-refractivity contribution is 9.11. The number of hydrogen-bond donors (Lipinski definition) is 1. The fourth-order valence-electron chi connectivity index (χ4n) is 3.35. The van der Waals surface area contributed by atoms with Gasteiger partial charge in [0, 0.05) is 24.1 Å². The molecule has 1 heterocycles. The van der Waals surface area contributed by atoms with Crippen molar-refractivity contribution in [3.63, 3.8) is 0 Å². The smallest absolute Gasteiger partial charge is 0.0724 e. The second-order valence-electron chi connectivity index (χ2n) is 5.35. The van der Waals surface area contributed by atoms with E-state index in [9.17, 15) is 0 Å². The Morgan fingerprint density at radius 3 is 3.06 bits per heavy atom. The second-order valence-corrected chi connectivity index (χ2v) is 7.87. The van der Waals surface area contributed by atoms with Crippen LogP contribution in [0.1, 0.15) is 48.6 Å². The van der Waals surface area contributed by atoms with Crippen LogP contribution in [0.15, 0.2) is 9.85 Å². The van der Waals surface area contributed by atoms with E-state index in [0.29, 0.717) is 18.2 Å². The van der Waals surface area contributed by atoms with Crippen molar-refractivity contribution in [2.24, 2.45) is 0 Å². The number of halogens is 1. The molecule has 100 valence electrons. The van der Waals surface area contributed by atoms with Gasteiger partial charge in [-0.3, -0.25) is 0 Å². The molecular weight excluding hydrogens is 310 g/mol. The molecule has 1 aromatic rings. The molecule has 0 saturated heterocycles. The predicted molar refractivity (Wildman–Crippen MR) is 79.3 cm³/mol. The molecule has 18 heavy (non-hydrogen) atoms. The van der Waals surface area contributed by atoms with E-state index in [1.54, 1.807) is 4.88 Å². The zero-order valence-electron chi connectivity index (χ0n) is 10.7. The average Bonchev–Trinajstić information content (AvgIpc) is 2.94. The number of ether oxygens (including phenoxy) is 1. The van der Waals surface area contributed by atoms with E-state index in [2.05, 4.69) is 27.3 Å². The number of rotatable bonds is 3. The summed E-state index contributed by atoms with van der Waals surface area (Å²) in [6.07, 6.45) is 8.00. The van der Waals surface area contributed by atoms with Crippen molar-refractivity contribution in [3.05, 3.63) is 20.3 Å². The molecule has 0 spiro atoms. The third kappa shape index (κ3) is 2.53. The molecule has 0 bridgehead atoms. The van der Waals surface area contributed by atoms with E-state index >= 15 is 0 Å². The zero-order chi connectivity index (χ0) is 12.5. The van der Waals surface area contributed by atoms with Gasteiger partial charge in [-0.2, -0.15) is 0 Å². The van der Waals surface area contributed by atoms with Crippen LogP contribution >= 0.6 is 27.3 Å². The van der Waals surface area contributed by atoms with Crippen LogP contribution in [0.5, 0.6) is 0 Å². The van der Waals surface area contributed by atoms with Gasteiger partial charge >= 0.3 is 0 Å². The van der Waals surface area contributed by atoms with E-state index < -0.39 is 0 Å². The summed E-state index contributed by atoms with van der Waals surface area (Å²) in [6, 6.07) is 3.40. The summed E-state index contributed by atoms with van der Waals surface area (Å²) in [6.45, 7) is 0. The van der Waals surface area contributed by atoms with Crippen LogP contribution in [0.4, 0.5) is 0 Å². The standard InChI is InChI=1S/C14H20BrNOS/c1-17-12-6-2-5-11(12)16-10-4-3-7-13-9(10)8-14(15)18-13/h8,10-12,16H,2-7H2,1H3. The number of methoxy groups -OCH3 is 1. The fraction of sp³-hybridized carbons (Fsp3) is 0.714. The lowest BCUT2D eigenvalue weighted by molar-refractivity contribution is 0.0803. The highest BCUT2D eigenvalue weighted by atomic mass is 79.9. The molecule has 0 amide bonds. The minimum atomic E-state index is 0.414. The highest BCUT2D eigenvalue weighted by Crippen LogP contribution is 2.39. The summed E-state index contributed by atoms with van der Waals surface area (Å²) in [5.41, 5.74) is 1.53. The van der Waals surface area contributed by atoms with Gasteiger partial charge in [0.2, 0.25) is 0 Å². The van der Waals surface area contributed by atoms with Crippen molar-refractivity contribution in [2.45, 2.75) is 56.7 Å². The molecule has 1 saturated carbocycles. The van der Waals surface area contributed by atoms with E-state index in [4.69, 9.17) is 4.74 Å². The van der Waals surface area contributed by atoms with E-state index in [0.717, 1.165) is 0 Å². The second kappa shape index (κ2) is 5.61. The van der Waals surface area contributed by atoms with Gasteiger partial charge < -0.3 is 10.1 Å². The van der Waals surface area contributed by atoms with E-state index in [1.165, 1.54) is 47.9 Å². The first-order chi connectivity index (χ1) is 8.78. The number of fused-ring (bicyclic) bond motifs is 1. The normalized spacial score (nSPS) is 31.6. The molecular formula is C14H20BrNOS. The first-order valence-electron chi connectivity index (χ1n) is 6.85. The maximum absolute atomic E-state index is 5.59. The fourth-order valence-corrected chi connectivity index (χ4v) is 5.17. The summed E-state index contributed by atoms with van der Waals surface area (Å²) in [4.78, 5) is 1.57. The Morgan fingerprint density at radius 2 is 2.22 bits per heavy atom. The minimum absolute atomic E-state index is 0.414. The van der Waals surface area contributed by atoms with Crippen molar-refractivity contribution in [1.29, 1.82) is 0 Å². The third-order valence-corrected chi connectivity index (χ3v) is 5.97. The van der Waals surface area contributed by atoms with Crippen LogP contribution in [0.25, 0.3) is 0 Å². The Kier molecular flexibility index (Phi) is 4.09. The van der Waals surface area contributed by atoms with Gasteiger partial charge in [-0.1, -0.05) is 0 Å². The van der Waals surface area contributed by atoms with Gasteiger partial charge in [-0.05, 0) is 66.1 Å². The molecule has 4 heteroatoms. The lowest BCUT2D eigenvalue weighted by Gasteiger charge is -2.29. The molecule has 1 fully saturated rings. The predicted octanol–water partition coefficient (Wildman–Crippen LogP) is 4.05. The highest BCUT2D eigenvalue weighted by Gasteiger charge is 2.31. The Bertz CT molecular complexity index is 420. The molecule has 2 aliphatic carbocycles. The van der Waals surface area contributed by atoms with Crippen molar-refractivity contribution in [3.8, 4) is 0 Å². The quantitative estimate of drug-likeness (QED) is 0.903. The molecule has 2 nitrogen and oxygen atoms in total. The van der Waals surface area contributed by atoms with Crippen molar-refractivity contribution in [1.82, 2.24) is 5.32 Å². The summed E-state index contributed by atoms with van der Waals surface area (Å²) in [7, 11) is 1.85. The van der Waals surface area contributed by atoms with Gasteiger partial charge in [0.05, 0.1) is 9.89 Å². The molecule has 0 radical (unpaired) electrons. The Hall–Kier alpha value is 0.100. The molecule has 0 aromatic carbocycles. The van der Waals surface area contributed by atoms with Gasteiger partial charge in [-0.15, -0.1) is 11.3 Å². The van der Waals surface area contributed by atoms with Gasteiger partial charge in [0.15, 0.2) is 0 Å². The molecule has 0 aliphatic heterocycles. The minimum Gasteiger partial charge on any atom is -0.380 e. The van der Waals surface area contributed by atoms with Crippen molar-refractivity contribution < 1.29 is 4.74 Å². The summed E-state index contributed by atoms with van der Waals surface area (Å²) in [5.74, 6) is 0. The van der Waals surface area contributed by atoms with Crippen LogP contribution < -0.4 is 5.32 Å². The molecule has 3 atom stereocenters. The summed E-state index contributed by atoms with van der Waals surface area (Å²) >= 11 is 5.53. The van der Waals surface area contributed by atoms with Crippen LogP contribution in [-0.4, -0.2) is 19.3 Å². The Morgan fingerprint density at radius 1 is 1.33 bits per heavy atom. The van der Waals surface area contributed by atoms with Gasteiger partial charge in [-0.25, -0.2) is 0 Å². The topological polar surface area (TPSA) is 21.3 Å². The molecule has 3 unspecified atom stereocenters. The zero-order valence-corrected chi connectivity index (χ0v) is 13.1. The van der Waals surface area contributed by atoms with Crippen molar-refractivity contribution >= 4 is 27.3 Å². The maximum atomic E-state index is 5.59. The average molecular weight is 330 g/mol. The maximum Gasteiger partial charge on any atom is 0.0724 e. The Balaban J connectivity index is 1.74. The molecule has 2 aliphatic rings. The van der Waals surface area contributed by atoms with Crippen molar-refractivity contribution in [2.75, 3.05) is 7.11 Å². The van der Waals surface area contributed by atoms with E-state index in [-0.39, 0.29) is 0 Å².